The third-order valence-corrected chi connectivity index (χ3v) is 4.09. The summed E-state index contributed by atoms with van der Waals surface area (Å²) in [5.41, 5.74) is 7.17. The highest BCUT2D eigenvalue weighted by atomic mass is 32.2. The summed E-state index contributed by atoms with van der Waals surface area (Å²) in [6, 6.07) is 6.50. The van der Waals surface area contributed by atoms with Gasteiger partial charge in [-0.1, -0.05) is 30.8 Å². The smallest absolute Gasteiger partial charge is 0.165 e. The highest BCUT2D eigenvalue weighted by Crippen LogP contribution is 2.36. The van der Waals surface area contributed by atoms with Crippen molar-refractivity contribution < 1.29 is 4.39 Å². The van der Waals surface area contributed by atoms with E-state index in [1.165, 1.54) is 12.1 Å². The molecule has 0 amide bonds. The molecule has 1 aromatic heterocycles. The Hall–Kier alpha value is -1.33. The molecule has 0 aliphatic rings. The molecule has 2 aromatic rings. The van der Waals surface area contributed by atoms with Gasteiger partial charge in [-0.15, -0.1) is 0 Å². The molecule has 5 heteroatoms. The number of nitrogens with zero attached hydrogens (tertiary/aromatic N) is 1. The van der Waals surface area contributed by atoms with Gasteiger partial charge in [0.2, 0.25) is 0 Å². The molecule has 1 aromatic carbocycles. The van der Waals surface area contributed by atoms with Crippen LogP contribution in [0.15, 0.2) is 41.8 Å². The van der Waals surface area contributed by atoms with Crippen molar-refractivity contribution in [1.29, 1.82) is 0 Å². The number of H-pyrrole nitrogens is 1. The summed E-state index contributed by atoms with van der Waals surface area (Å²) < 4.78 is 13.0. The second-order valence-electron chi connectivity index (χ2n) is 4.06. The molecule has 18 heavy (non-hydrogen) atoms. The minimum absolute atomic E-state index is 0.00515. The average Bonchev–Trinajstić information content (AvgIpc) is 2.89. The van der Waals surface area contributed by atoms with Gasteiger partial charge in [-0.25, -0.2) is 9.37 Å². The maximum absolute atomic E-state index is 13.0. The first-order valence-electron chi connectivity index (χ1n) is 5.87. The van der Waals surface area contributed by atoms with E-state index in [0.29, 0.717) is 0 Å². The zero-order valence-electron chi connectivity index (χ0n) is 10.1. The van der Waals surface area contributed by atoms with Gasteiger partial charge < -0.3 is 10.7 Å². The maximum Gasteiger partial charge on any atom is 0.165 e. The molecule has 2 unspecified atom stereocenters. The van der Waals surface area contributed by atoms with Crippen LogP contribution in [-0.4, -0.2) is 16.0 Å². The van der Waals surface area contributed by atoms with E-state index in [0.717, 1.165) is 17.1 Å². The quantitative estimate of drug-likeness (QED) is 0.817. The van der Waals surface area contributed by atoms with Crippen LogP contribution in [0.25, 0.3) is 0 Å². The number of nitrogens with two attached hydrogens (primary N) is 1. The lowest BCUT2D eigenvalue weighted by molar-refractivity contribution is 0.617. The molecule has 0 aliphatic carbocycles. The molecule has 1 heterocycles. The Balaban J connectivity index is 2.22. The summed E-state index contributed by atoms with van der Waals surface area (Å²) in [6.07, 6.45) is 4.35. The Kier molecular flexibility index (Phi) is 4.38. The zero-order valence-corrected chi connectivity index (χ0v) is 11.0. The summed E-state index contributed by atoms with van der Waals surface area (Å²) in [7, 11) is 0. The van der Waals surface area contributed by atoms with Crippen LogP contribution >= 0.6 is 11.8 Å². The second-order valence-corrected chi connectivity index (χ2v) is 5.19. The Bertz CT molecular complexity index is 469. The fraction of sp³-hybridized carbons (Fsp3) is 0.308. The van der Waals surface area contributed by atoms with Crippen molar-refractivity contribution in [3.63, 3.8) is 0 Å². The fourth-order valence-corrected chi connectivity index (χ4v) is 2.86. The summed E-state index contributed by atoms with van der Waals surface area (Å²) >= 11 is 1.57. The Morgan fingerprint density at radius 1 is 1.39 bits per heavy atom. The van der Waals surface area contributed by atoms with Crippen LogP contribution in [-0.2, 0) is 0 Å². The van der Waals surface area contributed by atoms with E-state index in [9.17, 15) is 4.39 Å². The number of aromatic amines is 1. The van der Waals surface area contributed by atoms with Gasteiger partial charge in [0, 0.05) is 18.4 Å². The monoisotopic (exact) mass is 265 g/mol. The summed E-state index contributed by atoms with van der Waals surface area (Å²) in [4.78, 5) is 7.24. The standard InChI is InChI=1S/C13H16FN3S/c1-2-11(15)12(18-13-16-7-8-17-13)9-3-5-10(14)6-4-9/h3-8,11-12H,2,15H2,1H3,(H,16,17). The first kappa shape index (κ1) is 13.1. The van der Waals surface area contributed by atoms with E-state index in [4.69, 9.17) is 5.73 Å². The lowest BCUT2D eigenvalue weighted by atomic mass is 10.0. The summed E-state index contributed by atoms with van der Waals surface area (Å²) in [5.74, 6) is -0.231. The van der Waals surface area contributed by atoms with Gasteiger partial charge in [-0.05, 0) is 24.1 Å². The third-order valence-electron chi connectivity index (χ3n) is 2.77. The first-order valence-corrected chi connectivity index (χ1v) is 6.75. The number of halogens is 1. The van der Waals surface area contributed by atoms with Crippen molar-refractivity contribution >= 4 is 11.8 Å². The number of benzene rings is 1. The highest BCUT2D eigenvalue weighted by Gasteiger charge is 2.20. The Morgan fingerprint density at radius 3 is 2.67 bits per heavy atom. The zero-order chi connectivity index (χ0) is 13.0. The van der Waals surface area contributed by atoms with Crippen LogP contribution in [0.3, 0.4) is 0 Å². The number of nitrogens with one attached hydrogen (secondary N) is 1. The fourth-order valence-electron chi connectivity index (χ4n) is 1.70. The van der Waals surface area contributed by atoms with Gasteiger partial charge in [-0.2, -0.15) is 0 Å². The van der Waals surface area contributed by atoms with E-state index < -0.39 is 0 Å². The molecule has 0 fully saturated rings. The van der Waals surface area contributed by atoms with Gasteiger partial charge in [0.25, 0.3) is 0 Å². The number of thioether (sulfide) groups is 1. The lowest BCUT2D eigenvalue weighted by Crippen LogP contribution is -2.25. The molecule has 2 atom stereocenters. The molecule has 0 radical (unpaired) electrons. The number of hydrogen-bond donors (Lipinski definition) is 2. The predicted molar refractivity (Wildman–Crippen MR) is 71.9 cm³/mol. The molecule has 3 N–H and O–H groups in total. The van der Waals surface area contributed by atoms with Crippen LogP contribution in [0.1, 0.15) is 24.2 Å². The molecule has 2 rings (SSSR count). The van der Waals surface area contributed by atoms with E-state index in [1.807, 2.05) is 6.92 Å². The molecular formula is C13H16FN3S. The molecule has 0 bridgehead atoms. The second kappa shape index (κ2) is 6.02. The number of imidazole rings is 1. The van der Waals surface area contributed by atoms with Crippen molar-refractivity contribution in [2.45, 2.75) is 29.8 Å². The molecule has 96 valence electrons. The largest absolute Gasteiger partial charge is 0.340 e. The van der Waals surface area contributed by atoms with E-state index in [-0.39, 0.29) is 17.1 Å². The van der Waals surface area contributed by atoms with E-state index >= 15 is 0 Å². The number of aromatic nitrogens is 2. The lowest BCUT2D eigenvalue weighted by Gasteiger charge is -2.21. The van der Waals surface area contributed by atoms with Crippen LogP contribution in [0.4, 0.5) is 4.39 Å². The van der Waals surface area contributed by atoms with Crippen molar-refractivity contribution in [1.82, 2.24) is 9.97 Å². The summed E-state index contributed by atoms with van der Waals surface area (Å²) in [5, 5.41) is 0.898. The van der Waals surface area contributed by atoms with Crippen LogP contribution in [0, 0.1) is 5.82 Å². The molecule has 3 nitrogen and oxygen atoms in total. The first-order chi connectivity index (χ1) is 8.70. The SMILES string of the molecule is CCC(N)C(Sc1ncc[nH]1)c1ccc(F)cc1. The maximum atomic E-state index is 13.0. The van der Waals surface area contributed by atoms with Crippen LogP contribution in [0.5, 0.6) is 0 Å². The van der Waals surface area contributed by atoms with Gasteiger partial charge in [0.1, 0.15) is 5.82 Å². The van der Waals surface area contributed by atoms with Gasteiger partial charge >= 0.3 is 0 Å². The predicted octanol–water partition coefficient (Wildman–Crippen LogP) is 3.12. The number of rotatable bonds is 5. The van der Waals surface area contributed by atoms with Crippen molar-refractivity contribution in [2.24, 2.45) is 5.73 Å². The van der Waals surface area contributed by atoms with Gasteiger partial charge in [-0.3, -0.25) is 0 Å². The van der Waals surface area contributed by atoms with E-state index in [2.05, 4.69) is 9.97 Å². The van der Waals surface area contributed by atoms with Crippen molar-refractivity contribution in [3.8, 4) is 0 Å². The minimum Gasteiger partial charge on any atom is -0.340 e. The molecule has 0 spiro atoms. The van der Waals surface area contributed by atoms with Crippen molar-refractivity contribution in [2.75, 3.05) is 0 Å². The highest BCUT2D eigenvalue weighted by molar-refractivity contribution is 7.99. The molecule has 0 aliphatic heterocycles. The Morgan fingerprint density at radius 2 is 2.11 bits per heavy atom. The average molecular weight is 265 g/mol. The Labute approximate surface area is 110 Å². The normalized spacial score (nSPS) is 14.4. The minimum atomic E-state index is -0.231. The van der Waals surface area contributed by atoms with Gasteiger partial charge in [0.05, 0.1) is 5.25 Å². The topological polar surface area (TPSA) is 54.7 Å². The molecular weight excluding hydrogens is 249 g/mol. The molecule has 0 saturated heterocycles. The van der Waals surface area contributed by atoms with Crippen LogP contribution in [0.2, 0.25) is 0 Å². The summed E-state index contributed by atoms with van der Waals surface area (Å²) in [6.45, 7) is 2.05. The number of hydrogen-bond acceptors (Lipinski definition) is 3. The van der Waals surface area contributed by atoms with Crippen LogP contribution < -0.4 is 5.73 Å². The van der Waals surface area contributed by atoms with Crippen molar-refractivity contribution in [3.05, 3.63) is 48.0 Å². The third kappa shape index (κ3) is 3.11. The van der Waals surface area contributed by atoms with E-state index in [1.54, 1.807) is 36.3 Å². The van der Waals surface area contributed by atoms with Gasteiger partial charge in [0.15, 0.2) is 5.16 Å². The molecule has 0 saturated carbocycles.